The number of esters is 1. The molecule has 0 radical (unpaired) electrons. The van der Waals surface area contributed by atoms with Crippen LogP contribution in [0.25, 0.3) is 10.8 Å². The van der Waals surface area contributed by atoms with E-state index in [1.54, 1.807) is 6.20 Å². The summed E-state index contributed by atoms with van der Waals surface area (Å²) in [7, 11) is 1.35. The molecule has 1 aromatic heterocycles. The number of allylic oxidation sites excluding steroid dienone is 3. The van der Waals surface area contributed by atoms with Gasteiger partial charge in [-0.15, -0.1) is 0 Å². The Balaban J connectivity index is 2.12. The van der Waals surface area contributed by atoms with Crippen molar-refractivity contribution < 1.29 is 9.53 Å². The Labute approximate surface area is 141 Å². The Morgan fingerprint density at radius 2 is 2.04 bits per heavy atom. The van der Waals surface area contributed by atoms with Crippen LogP contribution in [0.4, 0.5) is 0 Å². The Hall–Kier alpha value is -3.06. The van der Waals surface area contributed by atoms with Crippen molar-refractivity contribution in [3.8, 4) is 11.8 Å². The van der Waals surface area contributed by atoms with Crippen LogP contribution in [0.5, 0.6) is 0 Å². The molecule has 1 unspecified atom stereocenters. The molecule has 3 rings (SSSR count). The largest absolute Gasteiger partial charge is 0.464 e. The lowest BCUT2D eigenvalue weighted by molar-refractivity contribution is 0.0596. The minimum Gasteiger partial charge on any atom is -0.464 e. The number of hydrogen-bond donors (Lipinski definition) is 1. The van der Waals surface area contributed by atoms with Gasteiger partial charge >= 0.3 is 5.97 Å². The third-order valence-corrected chi connectivity index (χ3v) is 4.10. The number of nitrogens with two attached hydrogens (primary N) is 1. The van der Waals surface area contributed by atoms with Gasteiger partial charge in [-0.3, -0.25) is 0 Å². The lowest BCUT2D eigenvalue weighted by Gasteiger charge is -2.14. The fraction of sp³-hybridized carbons (Fsp3) is 0.200. The number of fused-ring (bicyclic) bond motifs is 1. The summed E-state index contributed by atoms with van der Waals surface area (Å²) in [6, 6.07) is 7.55. The van der Waals surface area contributed by atoms with Gasteiger partial charge in [-0.25, -0.2) is 9.78 Å². The summed E-state index contributed by atoms with van der Waals surface area (Å²) in [5.41, 5.74) is 8.76. The molecule has 0 saturated carbocycles. The van der Waals surface area contributed by atoms with Crippen LogP contribution in [0.15, 0.2) is 53.9 Å². The molecule has 1 atom stereocenters. The van der Waals surface area contributed by atoms with Crippen molar-refractivity contribution in [2.75, 3.05) is 7.11 Å². The molecule has 2 aromatic rings. The average Bonchev–Trinajstić information content (AvgIpc) is 2.60. The van der Waals surface area contributed by atoms with Crippen LogP contribution in [0.3, 0.4) is 0 Å². The maximum Gasteiger partial charge on any atom is 0.357 e. The van der Waals surface area contributed by atoms with Crippen molar-refractivity contribution in [3.63, 3.8) is 0 Å². The van der Waals surface area contributed by atoms with Crippen LogP contribution in [-0.2, 0) is 4.74 Å². The number of benzene rings is 1. The van der Waals surface area contributed by atoms with E-state index >= 15 is 0 Å². The van der Waals surface area contributed by atoms with E-state index in [1.165, 1.54) is 7.11 Å². The smallest absolute Gasteiger partial charge is 0.357 e. The van der Waals surface area contributed by atoms with Gasteiger partial charge in [-0.2, -0.15) is 0 Å². The maximum atomic E-state index is 11.9. The van der Waals surface area contributed by atoms with E-state index in [-0.39, 0.29) is 0 Å². The van der Waals surface area contributed by atoms with Gasteiger partial charge in [0.15, 0.2) is 5.69 Å². The monoisotopic (exact) mass is 318 g/mol. The van der Waals surface area contributed by atoms with Crippen molar-refractivity contribution in [1.82, 2.24) is 4.98 Å². The van der Waals surface area contributed by atoms with Crippen LogP contribution in [-0.4, -0.2) is 18.1 Å². The lowest BCUT2D eigenvalue weighted by Crippen LogP contribution is -2.09. The summed E-state index contributed by atoms with van der Waals surface area (Å²) in [5, 5.41) is 1.60. The average molecular weight is 318 g/mol. The van der Waals surface area contributed by atoms with Gasteiger partial charge in [-0.1, -0.05) is 49.1 Å². The number of carbonyl (C=O) groups excluding carboxylic acids is 1. The molecule has 0 amide bonds. The van der Waals surface area contributed by atoms with Crippen molar-refractivity contribution in [3.05, 3.63) is 65.1 Å². The molecule has 0 fully saturated rings. The minimum absolute atomic E-state index is 0.298. The highest BCUT2D eigenvalue weighted by molar-refractivity contribution is 6.04. The van der Waals surface area contributed by atoms with Crippen molar-refractivity contribution in [2.45, 2.75) is 13.3 Å². The third kappa shape index (κ3) is 2.89. The van der Waals surface area contributed by atoms with Crippen molar-refractivity contribution in [1.29, 1.82) is 0 Å². The molecule has 24 heavy (non-hydrogen) atoms. The maximum absolute atomic E-state index is 11.9. The number of pyridine rings is 1. The number of ether oxygens (including phenoxy) is 1. The summed E-state index contributed by atoms with van der Waals surface area (Å²) in [6.07, 6.45) is 6.51. The molecule has 0 saturated heterocycles. The first kappa shape index (κ1) is 15.8. The van der Waals surface area contributed by atoms with Gasteiger partial charge in [0.25, 0.3) is 0 Å². The quantitative estimate of drug-likeness (QED) is 0.648. The fourth-order valence-electron chi connectivity index (χ4n) is 2.77. The van der Waals surface area contributed by atoms with E-state index in [9.17, 15) is 4.79 Å². The van der Waals surface area contributed by atoms with E-state index < -0.39 is 5.97 Å². The summed E-state index contributed by atoms with van der Waals surface area (Å²) in [6.45, 7) is 2.11. The highest BCUT2D eigenvalue weighted by Crippen LogP contribution is 2.24. The predicted octanol–water partition coefficient (Wildman–Crippen LogP) is 3.18. The molecule has 0 spiro atoms. The zero-order valence-corrected chi connectivity index (χ0v) is 13.7. The molecule has 0 aliphatic heterocycles. The number of methoxy groups -OCH3 is 1. The van der Waals surface area contributed by atoms with Crippen LogP contribution in [0, 0.1) is 17.8 Å². The molecule has 1 aromatic carbocycles. The number of carbonyl (C=O) groups is 1. The first-order valence-electron chi connectivity index (χ1n) is 7.76. The molecular weight excluding hydrogens is 300 g/mol. The normalized spacial score (nSPS) is 16.7. The van der Waals surface area contributed by atoms with E-state index in [2.05, 4.69) is 29.8 Å². The first-order chi connectivity index (χ1) is 11.6. The molecule has 0 bridgehead atoms. The van der Waals surface area contributed by atoms with Crippen LogP contribution >= 0.6 is 0 Å². The SMILES string of the molecule is COC(=O)c1ncc(C#CC2=C(N)C=CCC2C)c2ccccc12. The van der Waals surface area contributed by atoms with Gasteiger partial charge < -0.3 is 10.5 Å². The molecule has 4 nitrogen and oxygen atoms in total. The molecule has 4 heteroatoms. The highest BCUT2D eigenvalue weighted by Gasteiger charge is 2.14. The molecule has 1 aliphatic rings. The standard InChI is InChI=1S/C20H18N2O2/c1-13-6-5-9-18(21)15(13)11-10-14-12-22-19(20(23)24-2)17-8-4-3-7-16(14)17/h3-5,7-9,12-13H,6,21H2,1-2H3. The minimum atomic E-state index is -0.455. The Morgan fingerprint density at radius 1 is 1.29 bits per heavy atom. The molecule has 120 valence electrons. The molecular formula is C20H18N2O2. The zero-order valence-electron chi connectivity index (χ0n) is 13.7. The third-order valence-electron chi connectivity index (χ3n) is 4.10. The molecule has 1 aliphatic carbocycles. The van der Waals surface area contributed by atoms with Gasteiger partial charge in [0.2, 0.25) is 0 Å². The Kier molecular flexibility index (Phi) is 4.35. The fourth-order valence-corrected chi connectivity index (χ4v) is 2.77. The summed E-state index contributed by atoms with van der Waals surface area (Å²) >= 11 is 0. The van der Waals surface area contributed by atoms with Gasteiger partial charge in [0, 0.05) is 28.2 Å². The predicted molar refractivity (Wildman–Crippen MR) is 94.1 cm³/mol. The topological polar surface area (TPSA) is 65.2 Å². The van der Waals surface area contributed by atoms with E-state index in [0.29, 0.717) is 17.3 Å². The molecule has 2 N–H and O–H groups in total. The van der Waals surface area contributed by atoms with Gasteiger partial charge in [0.05, 0.1) is 12.7 Å². The lowest BCUT2D eigenvalue weighted by atomic mass is 9.91. The second kappa shape index (κ2) is 6.59. The van der Waals surface area contributed by atoms with Gasteiger partial charge in [-0.05, 0) is 18.4 Å². The Morgan fingerprint density at radius 3 is 2.75 bits per heavy atom. The van der Waals surface area contributed by atoms with E-state index in [1.807, 2.05) is 30.3 Å². The van der Waals surface area contributed by atoms with Crippen molar-refractivity contribution >= 4 is 16.7 Å². The van der Waals surface area contributed by atoms with Crippen molar-refractivity contribution in [2.24, 2.45) is 11.7 Å². The molecule has 1 heterocycles. The summed E-state index contributed by atoms with van der Waals surface area (Å²) in [5.74, 6) is 6.20. The summed E-state index contributed by atoms with van der Waals surface area (Å²) < 4.78 is 4.80. The van der Waals surface area contributed by atoms with Crippen LogP contribution in [0.1, 0.15) is 29.4 Å². The number of nitrogens with zero attached hydrogens (tertiary/aromatic N) is 1. The number of rotatable bonds is 1. The highest BCUT2D eigenvalue weighted by atomic mass is 16.5. The Bertz CT molecular complexity index is 930. The second-order valence-corrected chi connectivity index (χ2v) is 5.72. The van der Waals surface area contributed by atoms with E-state index in [0.717, 1.165) is 28.3 Å². The zero-order chi connectivity index (χ0) is 17.1. The number of hydrogen-bond acceptors (Lipinski definition) is 4. The first-order valence-corrected chi connectivity index (χ1v) is 7.76. The van der Waals surface area contributed by atoms with Crippen LogP contribution in [0.2, 0.25) is 0 Å². The number of aromatic nitrogens is 1. The second-order valence-electron chi connectivity index (χ2n) is 5.72. The van der Waals surface area contributed by atoms with Crippen LogP contribution < -0.4 is 5.73 Å². The summed E-state index contributed by atoms with van der Waals surface area (Å²) in [4.78, 5) is 16.1. The van der Waals surface area contributed by atoms with Gasteiger partial charge in [0.1, 0.15) is 0 Å². The van der Waals surface area contributed by atoms with E-state index in [4.69, 9.17) is 10.5 Å².